The first-order valence-corrected chi connectivity index (χ1v) is 9.10. The molecule has 2 N–H and O–H groups in total. The van der Waals surface area contributed by atoms with Gasteiger partial charge in [-0.15, -0.1) is 0 Å². The lowest BCUT2D eigenvalue weighted by Gasteiger charge is -2.09. The van der Waals surface area contributed by atoms with Crippen LogP contribution in [0.15, 0.2) is 54.9 Å². The lowest BCUT2D eigenvalue weighted by Crippen LogP contribution is -2.15. The number of ether oxygens (including phenoxy) is 2. The van der Waals surface area contributed by atoms with Crippen molar-refractivity contribution < 1.29 is 23.0 Å². The minimum Gasteiger partial charge on any atom is -0.439 e. The van der Waals surface area contributed by atoms with Crippen LogP contribution in [0.2, 0.25) is 0 Å². The molecule has 0 aliphatic heterocycles. The van der Waals surface area contributed by atoms with Crippen molar-refractivity contribution in [2.75, 3.05) is 30.9 Å². The monoisotopic (exact) mass is 414 g/mol. The van der Waals surface area contributed by atoms with Crippen LogP contribution >= 0.6 is 0 Å². The SMILES string of the molecule is COCCNc1cc(Oc2ccc(NC(=O)Cc3ccc(F)cc3F)cc2)ncn1. The van der Waals surface area contributed by atoms with Gasteiger partial charge in [0, 0.05) is 31.5 Å². The molecular formula is C21H20F2N4O3. The van der Waals surface area contributed by atoms with Gasteiger partial charge in [-0.3, -0.25) is 4.79 Å². The van der Waals surface area contributed by atoms with Crippen LogP contribution in [-0.2, 0) is 16.0 Å². The Hall–Kier alpha value is -3.59. The van der Waals surface area contributed by atoms with Crippen molar-refractivity contribution in [3.63, 3.8) is 0 Å². The van der Waals surface area contributed by atoms with E-state index in [2.05, 4.69) is 20.6 Å². The Balaban J connectivity index is 1.56. The summed E-state index contributed by atoms with van der Waals surface area (Å²) in [6, 6.07) is 11.4. The van der Waals surface area contributed by atoms with E-state index in [0.29, 0.717) is 36.3 Å². The van der Waals surface area contributed by atoms with Gasteiger partial charge >= 0.3 is 0 Å². The number of benzene rings is 2. The second-order valence-electron chi connectivity index (χ2n) is 6.25. The van der Waals surface area contributed by atoms with Crippen molar-refractivity contribution in [1.82, 2.24) is 9.97 Å². The van der Waals surface area contributed by atoms with Crippen LogP contribution in [0, 0.1) is 11.6 Å². The standard InChI is InChI=1S/C21H20F2N4O3/c1-29-9-8-24-19-12-21(26-13-25-19)30-17-6-4-16(5-7-17)27-20(28)10-14-2-3-15(22)11-18(14)23/h2-7,11-13H,8-10H2,1H3,(H,27,28)(H,24,25,26). The maximum absolute atomic E-state index is 13.7. The Morgan fingerprint density at radius 3 is 2.60 bits per heavy atom. The first kappa shape index (κ1) is 21.1. The van der Waals surface area contributed by atoms with Crippen LogP contribution < -0.4 is 15.4 Å². The molecule has 0 saturated carbocycles. The van der Waals surface area contributed by atoms with Gasteiger partial charge in [0.2, 0.25) is 11.8 Å². The highest BCUT2D eigenvalue weighted by Crippen LogP contribution is 2.22. The van der Waals surface area contributed by atoms with Crippen molar-refractivity contribution in [1.29, 1.82) is 0 Å². The molecule has 0 aliphatic rings. The predicted octanol–water partition coefficient (Wildman–Crippen LogP) is 3.79. The van der Waals surface area contributed by atoms with Gasteiger partial charge in [0.05, 0.1) is 13.0 Å². The normalized spacial score (nSPS) is 10.5. The number of nitrogens with one attached hydrogen (secondary N) is 2. The summed E-state index contributed by atoms with van der Waals surface area (Å²) in [7, 11) is 1.61. The zero-order chi connectivity index (χ0) is 21.3. The summed E-state index contributed by atoms with van der Waals surface area (Å²) < 4.78 is 37.3. The van der Waals surface area contributed by atoms with Crippen molar-refractivity contribution >= 4 is 17.4 Å². The minimum absolute atomic E-state index is 0.118. The van der Waals surface area contributed by atoms with E-state index in [0.717, 1.165) is 12.1 Å². The summed E-state index contributed by atoms with van der Waals surface area (Å²) in [6.45, 7) is 1.14. The fourth-order valence-corrected chi connectivity index (χ4v) is 2.54. The van der Waals surface area contributed by atoms with E-state index in [1.54, 1.807) is 37.4 Å². The molecule has 2 aromatic carbocycles. The van der Waals surface area contributed by atoms with E-state index in [1.807, 2.05) is 0 Å². The highest BCUT2D eigenvalue weighted by molar-refractivity contribution is 5.92. The molecule has 0 bridgehead atoms. The quantitative estimate of drug-likeness (QED) is 0.519. The van der Waals surface area contributed by atoms with Crippen LogP contribution in [-0.4, -0.2) is 36.1 Å². The molecular weight excluding hydrogens is 394 g/mol. The molecule has 0 fully saturated rings. The van der Waals surface area contributed by atoms with Crippen LogP contribution in [0.4, 0.5) is 20.3 Å². The zero-order valence-corrected chi connectivity index (χ0v) is 16.2. The molecule has 0 atom stereocenters. The molecule has 1 aromatic heterocycles. The number of anilines is 2. The summed E-state index contributed by atoms with van der Waals surface area (Å²) in [5.41, 5.74) is 0.631. The fourth-order valence-electron chi connectivity index (χ4n) is 2.54. The van der Waals surface area contributed by atoms with Crippen LogP contribution in [0.3, 0.4) is 0 Å². The number of nitrogens with zero attached hydrogens (tertiary/aromatic N) is 2. The number of methoxy groups -OCH3 is 1. The van der Waals surface area contributed by atoms with Gasteiger partial charge in [0.1, 0.15) is 29.5 Å². The van der Waals surface area contributed by atoms with Crippen molar-refractivity contribution in [3.8, 4) is 11.6 Å². The second-order valence-corrected chi connectivity index (χ2v) is 6.25. The number of rotatable bonds is 9. The Bertz CT molecular complexity index is 1000. The molecule has 1 heterocycles. The van der Waals surface area contributed by atoms with E-state index in [1.165, 1.54) is 12.4 Å². The minimum atomic E-state index is -0.755. The number of halogens is 2. The van der Waals surface area contributed by atoms with Gasteiger partial charge < -0.3 is 20.1 Å². The molecule has 0 radical (unpaired) electrons. The lowest BCUT2D eigenvalue weighted by molar-refractivity contribution is -0.115. The Labute approximate surface area is 172 Å². The second kappa shape index (κ2) is 10.3. The molecule has 0 aliphatic carbocycles. The molecule has 3 aromatic rings. The van der Waals surface area contributed by atoms with Gasteiger partial charge in [0.15, 0.2) is 0 Å². The first-order valence-electron chi connectivity index (χ1n) is 9.10. The summed E-state index contributed by atoms with van der Waals surface area (Å²) in [6.07, 6.45) is 1.18. The van der Waals surface area contributed by atoms with E-state index in [4.69, 9.17) is 9.47 Å². The Morgan fingerprint density at radius 2 is 1.87 bits per heavy atom. The van der Waals surface area contributed by atoms with Gasteiger partial charge in [-0.1, -0.05) is 6.07 Å². The predicted molar refractivity (Wildman–Crippen MR) is 108 cm³/mol. The number of carbonyl (C=O) groups is 1. The third kappa shape index (κ3) is 6.21. The summed E-state index contributed by atoms with van der Waals surface area (Å²) in [5, 5.41) is 5.74. The highest BCUT2D eigenvalue weighted by Gasteiger charge is 2.10. The third-order valence-corrected chi connectivity index (χ3v) is 3.98. The molecule has 0 spiro atoms. The van der Waals surface area contributed by atoms with Crippen LogP contribution in [0.5, 0.6) is 11.6 Å². The van der Waals surface area contributed by atoms with E-state index >= 15 is 0 Å². The van der Waals surface area contributed by atoms with Crippen molar-refractivity contribution in [2.24, 2.45) is 0 Å². The van der Waals surface area contributed by atoms with Gasteiger partial charge in [-0.05, 0) is 35.9 Å². The molecule has 156 valence electrons. The van der Waals surface area contributed by atoms with Crippen LogP contribution in [0.1, 0.15) is 5.56 Å². The third-order valence-electron chi connectivity index (χ3n) is 3.98. The molecule has 3 rings (SSSR count). The summed E-state index contributed by atoms with van der Waals surface area (Å²) in [5.74, 6) is -0.387. The molecule has 9 heteroatoms. The zero-order valence-electron chi connectivity index (χ0n) is 16.2. The maximum atomic E-state index is 13.7. The Morgan fingerprint density at radius 1 is 1.07 bits per heavy atom. The molecule has 0 unspecified atom stereocenters. The topological polar surface area (TPSA) is 85.4 Å². The highest BCUT2D eigenvalue weighted by atomic mass is 19.1. The van der Waals surface area contributed by atoms with E-state index in [-0.39, 0.29) is 12.0 Å². The smallest absolute Gasteiger partial charge is 0.228 e. The number of aromatic nitrogens is 2. The number of hydrogen-bond donors (Lipinski definition) is 2. The fraction of sp³-hybridized carbons (Fsp3) is 0.190. The molecule has 7 nitrogen and oxygen atoms in total. The first-order chi connectivity index (χ1) is 14.5. The molecule has 1 amide bonds. The summed E-state index contributed by atoms with van der Waals surface area (Å²) in [4.78, 5) is 20.3. The van der Waals surface area contributed by atoms with Crippen LogP contribution in [0.25, 0.3) is 0 Å². The number of carbonyl (C=O) groups excluding carboxylic acids is 1. The molecule has 30 heavy (non-hydrogen) atoms. The van der Waals surface area contributed by atoms with E-state index in [9.17, 15) is 13.6 Å². The average Bonchev–Trinajstić information content (AvgIpc) is 2.72. The number of amides is 1. The number of hydrogen-bond acceptors (Lipinski definition) is 6. The average molecular weight is 414 g/mol. The summed E-state index contributed by atoms with van der Waals surface area (Å²) >= 11 is 0. The maximum Gasteiger partial charge on any atom is 0.228 e. The van der Waals surface area contributed by atoms with Crippen molar-refractivity contribution in [2.45, 2.75) is 6.42 Å². The van der Waals surface area contributed by atoms with Gasteiger partial charge in [0.25, 0.3) is 0 Å². The Kier molecular flexibility index (Phi) is 7.23. The van der Waals surface area contributed by atoms with Crippen molar-refractivity contribution in [3.05, 3.63) is 72.1 Å². The van der Waals surface area contributed by atoms with E-state index < -0.39 is 17.5 Å². The van der Waals surface area contributed by atoms with Gasteiger partial charge in [-0.2, -0.15) is 0 Å². The lowest BCUT2D eigenvalue weighted by atomic mass is 10.1. The molecule has 0 saturated heterocycles. The largest absolute Gasteiger partial charge is 0.439 e. The van der Waals surface area contributed by atoms with Gasteiger partial charge in [-0.25, -0.2) is 18.7 Å².